The Balaban J connectivity index is 1.92. The highest BCUT2D eigenvalue weighted by Gasteiger charge is 2.36. The van der Waals surface area contributed by atoms with Crippen LogP contribution in [0.15, 0.2) is 39.8 Å². The zero-order chi connectivity index (χ0) is 16.6. The van der Waals surface area contributed by atoms with E-state index in [9.17, 15) is 8.42 Å². The van der Waals surface area contributed by atoms with Crippen LogP contribution in [-0.2, 0) is 10.0 Å². The highest BCUT2D eigenvalue weighted by molar-refractivity contribution is 7.89. The first kappa shape index (κ1) is 16.1. The summed E-state index contributed by atoms with van der Waals surface area (Å²) in [5, 5.41) is 0. The van der Waals surface area contributed by atoms with Crippen molar-refractivity contribution in [3.05, 3.63) is 47.4 Å². The fourth-order valence-corrected chi connectivity index (χ4v) is 4.69. The van der Waals surface area contributed by atoms with Gasteiger partial charge in [0.2, 0.25) is 10.0 Å². The monoisotopic (exact) mass is 335 g/mol. The van der Waals surface area contributed by atoms with E-state index in [4.69, 9.17) is 9.15 Å². The van der Waals surface area contributed by atoms with Crippen molar-refractivity contribution in [3.8, 4) is 5.75 Å². The Morgan fingerprint density at radius 3 is 2.65 bits per heavy atom. The van der Waals surface area contributed by atoms with E-state index in [1.165, 1.54) is 11.4 Å². The predicted molar refractivity (Wildman–Crippen MR) is 87.3 cm³/mol. The van der Waals surface area contributed by atoms with Gasteiger partial charge in [-0.3, -0.25) is 0 Å². The number of aryl methyl sites for hydroxylation is 2. The molecule has 0 N–H and O–H groups in total. The SMILES string of the molecule is COc1cc(C)c(C)cc1S(=O)(=O)N1CCC(c2ccco2)C1. The van der Waals surface area contributed by atoms with Gasteiger partial charge in [-0.15, -0.1) is 0 Å². The van der Waals surface area contributed by atoms with Crippen LogP contribution >= 0.6 is 0 Å². The molecule has 3 rings (SSSR count). The first-order chi connectivity index (χ1) is 10.9. The molecule has 1 aliphatic heterocycles. The topological polar surface area (TPSA) is 59.8 Å². The zero-order valence-electron chi connectivity index (χ0n) is 13.6. The number of benzene rings is 1. The summed E-state index contributed by atoms with van der Waals surface area (Å²) in [6.45, 7) is 4.77. The lowest BCUT2D eigenvalue weighted by Gasteiger charge is -2.19. The average molecular weight is 335 g/mol. The molecular weight excluding hydrogens is 314 g/mol. The second kappa shape index (κ2) is 6.02. The Labute approximate surface area is 136 Å². The molecule has 5 nitrogen and oxygen atoms in total. The van der Waals surface area contributed by atoms with Gasteiger partial charge >= 0.3 is 0 Å². The Kier molecular flexibility index (Phi) is 4.21. The van der Waals surface area contributed by atoms with Gasteiger partial charge in [-0.25, -0.2) is 8.42 Å². The van der Waals surface area contributed by atoms with Gasteiger partial charge in [-0.05, 0) is 55.7 Å². The summed E-state index contributed by atoms with van der Waals surface area (Å²) < 4.78 is 38.3. The first-order valence-electron chi connectivity index (χ1n) is 7.62. The van der Waals surface area contributed by atoms with Gasteiger partial charge in [0.15, 0.2) is 0 Å². The van der Waals surface area contributed by atoms with Crippen LogP contribution in [0.3, 0.4) is 0 Å². The van der Waals surface area contributed by atoms with Crippen LogP contribution in [0.5, 0.6) is 5.75 Å². The van der Waals surface area contributed by atoms with Gasteiger partial charge in [0.1, 0.15) is 16.4 Å². The molecule has 23 heavy (non-hydrogen) atoms. The number of methoxy groups -OCH3 is 1. The van der Waals surface area contributed by atoms with Crippen molar-refractivity contribution in [2.24, 2.45) is 0 Å². The molecule has 1 aromatic carbocycles. The van der Waals surface area contributed by atoms with E-state index in [1.54, 1.807) is 18.4 Å². The van der Waals surface area contributed by atoms with E-state index in [0.717, 1.165) is 23.3 Å². The molecule has 6 heteroatoms. The minimum absolute atomic E-state index is 0.109. The molecule has 0 radical (unpaired) electrons. The summed E-state index contributed by atoms with van der Waals surface area (Å²) in [5.74, 6) is 1.35. The molecule has 1 unspecified atom stereocenters. The summed E-state index contributed by atoms with van der Waals surface area (Å²) >= 11 is 0. The smallest absolute Gasteiger partial charge is 0.246 e. The van der Waals surface area contributed by atoms with Gasteiger partial charge in [0.05, 0.1) is 13.4 Å². The molecule has 1 fully saturated rings. The quantitative estimate of drug-likeness (QED) is 0.861. The fraction of sp³-hybridized carbons (Fsp3) is 0.412. The van der Waals surface area contributed by atoms with Gasteiger partial charge in [0, 0.05) is 19.0 Å². The molecule has 0 amide bonds. The van der Waals surface area contributed by atoms with Crippen molar-refractivity contribution >= 4 is 10.0 Å². The second-order valence-electron chi connectivity index (χ2n) is 5.95. The normalized spacial score (nSPS) is 19.2. The van der Waals surface area contributed by atoms with Crippen molar-refractivity contribution in [1.29, 1.82) is 0 Å². The third-order valence-corrected chi connectivity index (χ3v) is 6.38. The highest BCUT2D eigenvalue weighted by Crippen LogP contribution is 2.35. The molecule has 124 valence electrons. The van der Waals surface area contributed by atoms with E-state index in [0.29, 0.717) is 18.8 Å². The van der Waals surface area contributed by atoms with E-state index in [1.807, 2.05) is 26.0 Å². The minimum Gasteiger partial charge on any atom is -0.495 e. The van der Waals surface area contributed by atoms with Crippen molar-refractivity contribution in [3.63, 3.8) is 0 Å². The number of sulfonamides is 1. The van der Waals surface area contributed by atoms with Crippen LogP contribution in [0.2, 0.25) is 0 Å². The third-order valence-electron chi connectivity index (χ3n) is 4.49. The predicted octanol–water partition coefficient (Wildman–Crippen LogP) is 3.08. The zero-order valence-corrected chi connectivity index (χ0v) is 14.4. The fourth-order valence-electron chi connectivity index (χ4n) is 2.97. The van der Waals surface area contributed by atoms with Gasteiger partial charge in [-0.1, -0.05) is 0 Å². The average Bonchev–Trinajstić information content (AvgIpc) is 3.20. The van der Waals surface area contributed by atoms with Crippen LogP contribution in [0.4, 0.5) is 0 Å². The van der Waals surface area contributed by atoms with Crippen molar-refractivity contribution in [1.82, 2.24) is 4.31 Å². The Hall–Kier alpha value is -1.79. The standard InChI is InChI=1S/C17H21NO4S/c1-12-9-16(21-3)17(10-13(12)2)23(19,20)18-7-6-14(11-18)15-5-4-8-22-15/h4-5,8-10,14H,6-7,11H2,1-3H3. The van der Waals surface area contributed by atoms with Crippen LogP contribution in [0.1, 0.15) is 29.2 Å². The second-order valence-corrected chi connectivity index (χ2v) is 7.86. The number of rotatable bonds is 4. The van der Waals surface area contributed by atoms with E-state index in [-0.39, 0.29) is 10.8 Å². The van der Waals surface area contributed by atoms with Gasteiger partial charge in [0.25, 0.3) is 0 Å². The summed E-state index contributed by atoms with van der Waals surface area (Å²) in [6.07, 6.45) is 2.39. The first-order valence-corrected chi connectivity index (χ1v) is 9.06. The van der Waals surface area contributed by atoms with Crippen LogP contribution < -0.4 is 4.74 Å². The molecule has 1 aromatic heterocycles. The largest absolute Gasteiger partial charge is 0.495 e. The maximum absolute atomic E-state index is 13.0. The molecule has 0 aliphatic carbocycles. The van der Waals surface area contributed by atoms with E-state index >= 15 is 0 Å². The lowest BCUT2D eigenvalue weighted by atomic mass is 10.1. The minimum atomic E-state index is -3.58. The molecule has 2 aromatic rings. The van der Waals surface area contributed by atoms with Crippen LogP contribution in [0, 0.1) is 13.8 Å². The molecule has 0 spiro atoms. The maximum Gasteiger partial charge on any atom is 0.246 e. The van der Waals surface area contributed by atoms with Gasteiger partial charge < -0.3 is 9.15 Å². The molecule has 1 aliphatic rings. The Bertz CT molecular complexity index is 796. The molecule has 1 saturated heterocycles. The van der Waals surface area contributed by atoms with Crippen molar-refractivity contribution < 1.29 is 17.6 Å². The number of hydrogen-bond donors (Lipinski definition) is 0. The van der Waals surface area contributed by atoms with Crippen LogP contribution in [-0.4, -0.2) is 32.9 Å². The van der Waals surface area contributed by atoms with Crippen molar-refractivity contribution in [2.45, 2.75) is 31.1 Å². The molecular formula is C17H21NO4S. The Morgan fingerprint density at radius 2 is 2.00 bits per heavy atom. The van der Waals surface area contributed by atoms with Crippen molar-refractivity contribution in [2.75, 3.05) is 20.2 Å². The number of hydrogen-bond acceptors (Lipinski definition) is 4. The van der Waals surface area contributed by atoms with Gasteiger partial charge in [-0.2, -0.15) is 4.31 Å². The van der Waals surface area contributed by atoms with Crippen LogP contribution in [0.25, 0.3) is 0 Å². The highest BCUT2D eigenvalue weighted by atomic mass is 32.2. The summed E-state index contributed by atoms with van der Waals surface area (Å²) in [5.41, 5.74) is 1.95. The molecule has 2 heterocycles. The molecule has 0 bridgehead atoms. The number of nitrogens with zero attached hydrogens (tertiary/aromatic N) is 1. The summed E-state index contributed by atoms with van der Waals surface area (Å²) in [7, 11) is -2.08. The maximum atomic E-state index is 13.0. The summed E-state index contributed by atoms with van der Waals surface area (Å²) in [6, 6.07) is 7.21. The number of ether oxygens (including phenoxy) is 1. The lowest BCUT2D eigenvalue weighted by Crippen LogP contribution is -2.29. The third kappa shape index (κ3) is 2.88. The Morgan fingerprint density at radius 1 is 1.26 bits per heavy atom. The lowest BCUT2D eigenvalue weighted by molar-refractivity contribution is 0.397. The molecule has 1 atom stereocenters. The summed E-state index contributed by atoms with van der Waals surface area (Å²) in [4.78, 5) is 0.239. The van der Waals surface area contributed by atoms with E-state index in [2.05, 4.69) is 0 Å². The van der Waals surface area contributed by atoms with E-state index < -0.39 is 10.0 Å². The molecule has 0 saturated carbocycles. The number of furan rings is 1.